The van der Waals surface area contributed by atoms with Crippen LogP contribution in [-0.4, -0.2) is 18.5 Å². The lowest BCUT2D eigenvalue weighted by Crippen LogP contribution is -2.07. The van der Waals surface area contributed by atoms with Crippen LogP contribution in [-0.2, 0) is 14.3 Å². The molecule has 0 N–H and O–H groups in total. The van der Waals surface area contributed by atoms with Crippen molar-refractivity contribution in [2.75, 3.05) is 6.61 Å². The Balaban J connectivity index is 2.44. The molecule has 4 nitrogen and oxygen atoms in total. The Morgan fingerprint density at radius 3 is 2.62 bits per heavy atom. The minimum atomic E-state index is -0.673. The maximum Gasteiger partial charge on any atom is 0.336 e. The molecule has 21 heavy (non-hydrogen) atoms. The van der Waals surface area contributed by atoms with Gasteiger partial charge in [-0.05, 0) is 31.0 Å². The highest BCUT2D eigenvalue weighted by Gasteiger charge is 2.07. The standard InChI is InChI=1S/C16H19ClO4/c1-3-4-5-10-20-15(18)8-9-16(19)21-14-11-12(2)6-7-13(14)17/h6-9,11H,3-5,10H2,1-2H3/b9-8+. The van der Waals surface area contributed by atoms with E-state index in [1.54, 1.807) is 12.1 Å². The molecule has 0 bridgehead atoms. The second kappa shape index (κ2) is 9.19. The quantitative estimate of drug-likeness (QED) is 0.332. The SMILES string of the molecule is CCCCCOC(=O)/C=C/C(=O)Oc1cc(C)ccc1Cl. The summed E-state index contributed by atoms with van der Waals surface area (Å²) in [6.07, 6.45) is 4.96. The summed E-state index contributed by atoms with van der Waals surface area (Å²) in [4.78, 5) is 22.9. The zero-order chi connectivity index (χ0) is 15.7. The van der Waals surface area contributed by atoms with Gasteiger partial charge < -0.3 is 9.47 Å². The number of carbonyl (C=O) groups is 2. The van der Waals surface area contributed by atoms with Crippen molar-refractivity contribution < 1.29 is 19.1 Å². The smallest absolute Gasteiger partial charge is 0.336 e. The molecule has 0 aliphatic rings. The van der Waals surface area contributed by atoms with Gasteiger partial charge in [-0.1, -0.05) is 37.4 Å². The van der Waals surface area contributed by atoms with Crippen LogP contribution in [0.1, 0.15) is 31.7 Å². The second-order valence-corrected chi connectivity index (χ2v) is 4.97. The molecule has 1 rings (SSSR count). The van der Waals surface area contributed by atoms with E-state index in [0.29, 0.717) is 11.6 Å². The summed E-state index contributed by atoms with van der Waals surface area (Å²) in [5.41, 5.74) is 0.918. The lowest BCUT2D eigenvalue weighted by molar-refractivity contribution is -0.138. The van der Waals surface area contributed by atoms with Crippen molar-refractivity contribution in [1.29, 1.82) is 0 Å². The molecule has 1 aromatic carbocycles. The highest BCUT2D eigenvalue weighted by molar-refractivity contribution is 6.32. The van der Waals surface area contributed by atoms with Crippen molar-refractivity contribution in [3.05, 3.63) is 40.9 Å². The van der Waals surface area contributed by atoms with Crippen LogP contribution in [0.15, 0.2) is 30.4 Å². The van der Waals surface area contributed by atoms with E-state index in [1.807, 2.05) is 13.0 Å². The van der Waals surface area contributed by atoms with Crippen molar-refractivity contribution in [1.82, 2.24) is 0 Å². The van der Waals surface area contributed by atoms with Gasteiger partial charge in [0.05, 0.1) is 11.6 Å². The van der Waals surface area contributed by atoms with Crippen molar-refractivity contribution in [3.63, 3.8) is 0 Å². The predicted molar refractivity (Wildman–Crippen MR) is 81.4 cm³/mol. The molecule has 5 heteroatoms. The Bertz CT molecular complexity index is 523. The van der Waals surface area contributed by atoms with Crippen LogP contribution in [0.5, 0.6) is 5.75 Å². The highest BCUT2D eigenvalue weighted by Crippen LogP contribution is 2.25. The van der Waals surface area contributed by atoms with Gasteiger partial charge in [-0.2, -0.15) is 0 Å². The van der Waals surface area contributed by atoms with Gasteiger partial charge in [-0.15, -0.1) is 0 Å². The molecule has 0 aliphatic carbocycles. The predicted octanol–water partition coefficient (Wildman–Crippen LogP) is 3.84. The summed E-state index contributed by atoms with van der Waals surface area (Å²) >= 11 is 5.91. The zero-order valence-corrected chi connectivity index (χ0v) is 13.0. The van der Waals surface area contributed by atoms with E-state index in [1.165, 1.54) is 0 Å². The van der Waals surface area contributed by atoms with Gasteiger partial charge in [0.15, 0.2) is 0 Å². The molecule has 0 saturated heterocycles. The number of hydrogen-bond acceptors (Lipinski definition) is 4. The molecular formula is C16H19ClO4. The van der Waals surface area contributed by atoms with Crippen LogP contribution in [0.2, 0.25) is 5.02 Å². The van der Waals surface area contributed by atoms with E-state index in [0.717, 1.165) is 37.0 Å². The first-order chi connectivity index (χ1) is 10.0. The Morgan fingerprint density at radius 1 is 1.19 bits per heavy atom. The van der Waals surface area contributed by atoms with Crippen LogP contribution in [0, 0.1) is 6.92 Å². The topological polar surface area (TPSA) is 52.6 Å². The number of carbonyl (C=O) groups excluding carboxylic acids is 2. The van der Waals surface area contributed by atoms with Gasteiger partial charge in [0.1, 0.15) is 5.75 Å². The summed E-state index contributed by atoms with van der Waals surface area (Å²) in [7, 11) is 0. The maximum atomic E-state index is 11.6. The zero-order valence-electron chi connectivity index (χ0n) is 12.2. The molecule has 0 unspecified atom stereocenters. The molecule has 0 spiro atoms. The summed E-state index contributed by atoms with van der Waals surface area (Å²) in [6.45, 7) is 4.28. The average molecular weight is 311 g/mol. The number of ether oxygens (including phenoxy) is 2. The van der Waals surface area contributed by atoms with E-state index >= 15 is 0 Å². The van der Waals surface area contributed by atoms with Gasteiger partial charge in [-0.3, -0.25) is 0 Å². The number of unbranched alkanes of at least 4 members (excludes halogenated alkanes) is 2. The Morgan fingerprint density at radius 2 is 1.90 bits per heavy atom. The maximum absolute atomic E-state index is 11.6. The Kier molecular flexibility index (Phi) is 7.54. The summed E-state index contributed by atoms with van der Waals surface area (Å²) < 4.78 is 9.98. The average Bonchev–Trinajstić information content (AvgIpc) is 2.45. The highest BCUT2D eigenvalue weighted by atomic mass is 35.5. The number of rotatable bonds is 7. The molecule has 0 heterocycles. The molecule has 0 saturated carbocycles. The molecule has 0 fully saturated rings. The fourth-order valence-corrected chi connectivity index (χ4v) is 1.70. The Hall–Kier alpha value is -1.81. The molecule has 0 aliphatic heterocycles. The molecule has 1 aromatic rings. The molecule has 0 radical (unpaired) electrons. The number of esters is 2. The third-order valence-corrected chi connectivity index (χ3v) is 2.96. The van der Waals surface area contributed by atoms with Crippen molar-refractivity contribution in [2.45, 2.75) is 33.1 Å². The fourth-order valence-electron chi connectivity index (χ4n) is 1.54. The number of benzene rings is 1. The molecule has 0 aromatic heterocycles. The molecule has 114 valence electrons. The normalized spacial score (nSPS) is 10.6. The van der Waals surface area contributed by atoms with Crippen LogP contribution < -0.4 is 4.74 Å². The molecule has 0 amide bonds. The number of aryl methyl sites for hydroxylation is 1. The second-order valence-electron chi connectivity index (χ2n) is 4.56. The van der Waals surface area contributed by atoms with Gasteiger partial charge in [0.2, 0.25) is 0 Å². The van der Waals surface area contributed by atoms with Crippen molar-refractivity contribution in [3.8, 4) is 5.75 Å². The summed E-state index contributed by atoms with van der Waals surface area (Å²) in [6, 6.07) is 5.10. The van der Waals surface area contributed by atoms with E-state index in [4.69, 9.17) is 21.1 Å². The van der Waals surface area contributed by atoms with Crippen molar-refractivity contribution >= 4 is 23.5 Å². The Labute approximate surface area is 129 Å². The van der Waals surface area contributed by atoms with Gasteiger partial charge >= 0.3 is 11.9 Å². The summed E-state index contributed by atoms with van der Waals surface area (Å²) in [5.74, 6) is -0.964. The van der Waals surface area contributed by atoms with Crippen LogP contribution in [0.4, 0.5) is 0 Å². The molecule has 0 atom stereocenters. The van der Waals surface area contributed by atoms with E-state index in [2.05, 4.69) is 6.92 Å². The van der Waals surface area contributed by atoms with E-state index < -0.39 is 11.9 Å². The first-order valence-electron chi connectivity index (χ1n) is 6.85. The lowest BCUT2D eigenvalue weighted by Gasteiger charge is -2.04. The minimum Gasteiger partial charge on any atom is -0.463 e. The summed E-state index contributed by atoms with van der Waals surface area (Å²) in [5, 5.41) is 0.337. The first-order valence-corrected chi connectivity index (χ1v) is 7.23. The fraction of sp³-hybridized carbons (Fsp3) is 0.375. The number of halogens is 1. The van der Waals surface area contributed by atoms with Gasteiger partial charge in [0, 0.05) is 12.2 Å². The first kappa shape index (κ1) is 17.2. The number of hydrogen-bond donors (Lipinski definition) is 0. The van der Waals surface area contributed by atoms with Crippen LogP contribution >= 0.6 is 11.6 Å². The third-order valence-electron chi connectivity index (χ3n) is 2.64. The van der Waals surface area contributed by atoms with Gasteiger partial charge in [-0.25, -0.2) is 9.59 Å². The minimum absolute atomic E-state index is 0.266. The van der Waals surface area contributed by atoms with Crippen LogP contribution in [0.3, 0.4) is 0 Å². The largest absolute Gasteiger partial charge is 0.463 e. The monoisotopic (exact) mass is 310 g/mol. The van der Waals surface area contributed by atoms with Crippen LogP contribution in [0.25, 0.3) is 0 Å². The lowest BCUT2D eigenvalue weighted by atomic mass is 10.2. The molecular weight excluding hydrogens is 292 g/mol. The third kappa shape index (κ3) is 6.95. The van der Waals surface area contributed by atoms with E-state index in [9.17, 15) is 9.59 Å². The van der Waals surface area contributed by atoms with Gasteiger partial charge in [0.25, 0.3) is 0 Å². The van der Waals surface area contributed by atoms with Crippen molar-refractivity contribution in [2.24, 2.45) is 0 Å². The van der Waals surface area contributed by atoms with E-state index in [-0.39, 0.29) is 5.75 Å².